The third-order valence-corrected chi connectivity index (χ3v) is 7.70. The Morgan fingerprint density at radius 3 is 2.29 bits per heavy atom. The van der Waals surface area contributed by atoms with Crippen molar-refractivity contribution in [1.29, 1.82) is 0 Å². The molecule has 0 radical (unpaired) electrons. The Balaban J connectivity index is 1.39. The molecule has 2 atom stereocenters. The number of benzene rings is 2. The molecule has 2 saturated heterocycles. The van der Waals surface area contributed by atoms with Crippen molar-refractivity contribution in [3.8, 4) is 11.5 Å². The van der Waals surface area contributed by atoms with E-state index in [1.165, 1.54) is 5.56 Å². The smallest absolute Gasteiger partial charge is 0.246 e. The average Bonchev–Trinajstić information content (AvgIpc) is 2.89. The summed E-state index contributed by atoms with van der Waals surface area (Å²) in [5.41, 5.74) is 0.505. The highest BCUT2D eigenvalue weighted by Crippen LogP contribution is 2.35. The fourth-order valence-corrected chi connectivity index (χ4v) is 5.22. The van der Waals surface area contributed by atoms with Gasteiger partial charge in [0.1, 0.15) is 23.1 Å². The molecule has 2 aliphatic heterocycles. The highest BCUT2D eigenvalue weighted by Gasteiger charge is 2.53. The minimum absolute atomic E-state index is 0.0422. The van der Waals surface area contributed by atoms with Crippen LogP contribution in [0.4, 0.5) is 0 Å². The van der Waals surface area contributed by atoms with E-state index in [1.54, 1.807) is 0 Å². The average molecular weight is 478 g/mol. The van der Waals surface area contributed by atoms with Crippen LogP contribution in [0.5, 0.6) is 11.5 Å². The van der Waals surface area contributed by atoms with Gasteiger partial charge in [0.05, 0.1) is 0 Å². The summed E-state index contributed by atoms with van der Waals surface area (Å²) >= 11 is 0. The predicted octanol–water partition coefficient (Wildman–Crippen LogP) is 4.99. The number of nitrogens with one attached hydrogen (secondary N) is 1. The Kier molecular flexibility index (Phi) is 8.11. The van der Waals surface area contributed by atoms with Crippen LogP contribution in [-0.4, -0.2) is 52.8 Å². The van der Waals surface area contributed by atoms with E-state index in [0.29, 0.717) is 19.4 Å². The molecule has 6 nitrogen and oxygen atoms in total. The summed E-state index contributed by atoms with van der Waals surface area (Å²) in [5, 5.41) is 3.11. The monoisotopic (exact) mass is 477 g/mol. The lowest BCUT2D eigenvalue weighted by Crippen LogP contribution is -2.73. The standard InChI is InChI=1S/C29H39N3O3/c1-4-6-18-32-27(33)26(22(3)5-2)30-28(34)29(32)16-19-31(20-17-29)21-23-12-14-25(15-13-23)35-24-10-8-7-9-11-24/h7-15,22,26H,4-6,16-21H2,1-3H3,(H,30,34)/t22-,26-/m0/s1. The van der Waals surface area contributed by atoms with Crippen LogP contribution in [0.15, 0.2) is 54.6 Å². The van der Waals surface area contributed by atoms with Gasteiger partial charge in [-0.2, -0.15) is 0 Å². The first kappa shape index (κ1) is 25.2. The van der Waals surface area contributed by atoms with Crippen molar-refractivity contribution in [2.45, 2.75) is 71.0 Å². The predicted molar refractivity (Wildman–Crippen MR) is 138 cm³/mol. The Bertz CT molecular complexity index is 984. The number of ether oxygens (including phenoxy) is 1. The van der Waals surface area contributed by atoms with Crippen molar-refractivity contribution < 1.29 is 14.3 Å². The minimum Gasteiger partial charge on any atom is -0.457 e. The maximum atomic E-state index is 13.5. The molecule has 188 valence electrons. The number of amides is 2. The van der Waals surface area contributed by atoms with Crippen molar-refractivity contribution in [2.75, 3.05) is 19.6 Å². The van der Waals surface area contributed by atoms with E-state index in [-0.39, 0.29) is 17.7 Å². The molecule has 0 bridgehead atoms. The Labute approximate surface area is 209 Å². The number of carbonyl (C=O) groups is 2. The Morgan fingerprint density at radius 1 is 1.00 bits per heavy atom. The Hall–Kier alpha value is -2.86. The first-order chi connectivity index (χ1) is 17.0. The van der Waals surface area contributed by atoms with Gasteiger partial charge in [-0.15, -0.1) is 0 Å². The number of nitrogens with zero attached hydrogens (tertiary/aromatic N) is 2. The molecule has 35 heavy (non-hydrogen) atoms. The Morgan fingerprint density at radius 2 is 1.66 bits per heavy atom. The van der Waals surface area contributed by atoms with Crippen LogP contribution in [0.25, 0.3) is 0 Å². The minimum atomic E-state index is -0.708. The highest BCUT2D eigenvalue weighted by atomic mass is 16.5. The molecule has 6 heteroatoms. The highest BCUT2D eigenvalue weighted by molar-refractivity contribution is 6.00. The number of unbranched alkanes of at least 4 members (excludes halogenated alkanes) is 1. The van der Waals surface area contributed by atoms with Crippen LogP contribution in [0.3, 0.4) is 0 Å². The van der Waals surface area contributed by atoms with E-state index < -0.39 is 11.6 Å². The summed E-state index contributed by atoms with van der Waals surface area (Å²) in [6, 6.07) is 17.6. The number of rotatable bonds is 9. The molecule has 0 aliphatic carbocycles. The number of piperazine rings is 1. The number of likely N-dealkylation sites (tertiary alicyclic amines) is 1. The molecule has 2 heterocycles. The molecule has 2 aromatic carbocycles. The van der Waals surface area contributed by atoms with Gasteiger partial charge in [-0.25, -0.2) is 0 Å². The second kappa shape index (κ2) is 11.3. The van der Waals surface area contributed by atoms with E-state index in [0.717, 1.165) is 50.4 Å². The zero-order valence-electron chi connectivity index (χ0n) is 21.3. The van der Waals surface area contributed by atoms with Crippen molar-refractivity contribution in [3.05, 3.63) is 60.2 Å². The molecule has 1 N–H and O–H groups in total. The molecule has 2 aromatic rings. The molecule has 2 amide bonds. The van der Waals surface area contributed by atoms with Gasteiger partial charge in [0.15, 0.2) is 0 Å². The second-order valence-electron chi connectivity index (χ2n) is 10.0. The maximum absolute atomic E-state index is 13.5. The summed E-state index contributed by atoms with van der Waals surface area (Å²) in [4.78, 5) is 31.2. The molecular formula is C29H39N3O3. The van der Waals surface area contributed by atoms with E-state index in [1.807, 2.05) is 47.4 Å². The van der Waals surface area contributed by atoms with Gasteiger partial charge in [-0.3, -0.25) is 14.5 Å². The molecule has 0 unspecified atom stereocenters. The lowest BCUT2D eigenvalue weighted by Gasteiger charge is -2.52. The van der Waals surface area contributed by atoms with E-state index >= 15 is 0 Å². The van der Waals surface area contributed by atoms with Gasteiger partial charge in [-0.05, 0) is 55.0 Å². The zero-order chi connectivity index (χ0) is 24.8. The van der Waals surface area contributed by atoms with Crippen LogP contribution in [0.1, 0.15) is 58.4 Å². The van der Waals surface area contributed by atoms with Crippen molar-refractivity contribution in [1.82, 2.24) is 15.1 Å². The number of hydrogen-bond donors (Lipinski definition) is 1. The number of carbonyl (C=O) groups excluding carboxylic acids is 2. The quantitative estimate of drug-likeness (QED) is 0.553. The SMILES string of the molecule is CCCCN1C(=O)[C@H]([C@@H](C)CC)NC(=O)C12CCN(Cc1ccc(Oc3ccccc3)cc1)CC2. The van der Waals surface area contributed by atoms with Gasteiger partial charge < -0.3 is 15.0 Å². The van der Waals surface area contributed by atoms with Crippen molar-refractivity contribution in [2.24, 2.45) is 5.92 Å². The van der Waals surface area contributed by atoms with Crippen LogP contribution in [0.2, 0.25) is 0 Å². The number of piperidine rings is 1. The van der Waals surface area contributed by atoms with Crippen LogP contribution >= 0.6 is 0 Å². The second-order valence-corrected chi connectivity index (χ2v) is 10.0. The summed E-state index contributed by atoms with van der Waals surface area (Å²) in [6.45, 7) is 9.33. The van der Waals surface area contributed by atoms with Gasteiger partial charge in [0, 0.05) is 26.2 Å². The van der Waals surface area contributed by atoms with Gasteiger partial charge >= 0.3 is 0 Å². The first-order valence-electron chi connectivity index (χ1n) is 13.1. The number of para-hydroxylation sites is 1. The van der Waals surface area contributed by atoms with E-state index in [9.17, 15) is 9.59 Å². The third-order valence-electron chi connectivity index (χ3n) is 7.70. The van der Waals surface area contributed by atoms with Gasteiger partial charge in [-0.1, -0.05) is 63.9 Å². The zero-order valence-corrected chi connectivity index (χ0v) is 21.3. The van der Waals surface area contributed by atoms with Crippen molar-refractivity contribution in [3.63, 3.8) is 0 Å². The molecule has 2 aliphatic rings. The van der Waals surface area contributed by atoms with Crippen LogP contribution in [-0.2, 0) is 16.1 Å². The first-order valence-corrected chi connectivity index (χ1v) is 13.1. The summed E-state index contributed by atoms with van der Waals surface area (Å²) < 4.78 is 5.90. The lowest BCUT2D eigenvalue weighted by molar-refractivity contribution is -0.162. The molecule has 1 spiro atoms. The fourth-order valence-electron chi connectivity index (χ4n) is 5.22. The third kappa shape index (κ3) is 5.53. The van der Waals surface area contributed by atoms with E-state index in [4.69, 9.17) is 4.74 Å². The van der Waals surface area contributed by atoms with Gasteiger partial charge in [0.2, 0.25) is 11.8 Å². The van der Waals surface area contributed by atoms with Crippen LogP contribution < -0.4 is 10.1 Å². The normalized spacial score (nSPS) is 21.1. The lowest BCUT2D eigenvalue weighted by atomic mass is 9.80. The molecule has 0 aromatic heterocycles. The summed E-state index contributed by atoms with van der Waals surface area (Å²) in [6.07, 6.45) is 4.16. The topological polar surface area (TPSA) is 61.9 Å². The summed E-state index contributed by atoms with van der Waals surface area (Å²) in [5.74, 6) is 1.93. The summed E-state index contributed by atoms with van der Waals surface area (Å²) in [7, 11) is 0. The maximum Gasteiger partial charge on any atom is 0.246 e. The van der Waals surface area contributed by atoms with Gasteiger partial charge in [0.25, 0.3) is 0 Å². The number of hydrogen-bond acceptors (Lipinski definition) is 4. The molecule has 2 fully saturated rings. The van der Waals surface area contributed by atoms with Crippen molar-refractivity contribution >= 4 is 11.8 Å². The molecule has 4 rings (SSSR count). The van der Waals surface area contributed by atoms with E-state index in [2.05, 4.69) is 43.1 Å². The largest absolute Gasteiger partial charge is 0.457 e. The fraction of sp³-hybridized carbons (Fsp3) is 0.517. The molecular weight excluding hydrogens is 438 g/mol. The molecule has 0 saturated carbocycles. The van der Waals surface area contributed by atoms with Crippen LogP contribution in [0, 0.1) is 5.92 Å².